The van der Waals surface area contributed by atoms with E-state index in [1.54, 1.807) is 11.8 Å². The van der Waals surface area contributed by atoms with Crippen molar-refractivity contribution in [3.05, 3.63) is 29.3 Å². The lowest BCUT2D eigenvalue weighted by atomic mass is 10.0. The largest absolute Gasteiger partial charge is 0.450 e. The molecule has 26 heavy (non-hydrogen) atoms. The van der Waals surface area contributed by atoms with Crippen LogP contribution in [-0.2, 0) is 22.4 Å². The highest BCUT2D eigenvalue weighted by Crippen LogP contribution is 2.22. The number of likely N-dealkylation sites (tertiary alicyclic amines) is 1. The predicted octanol–water partition coefficient (Wildman–Crippen LogP) is 2.96. The van der Waals surface area contributed by atoms with Crippen LogP contribution >= 0.6 is 0 Å². The van der Waals surface area contributed by atoms with E-state index in [0.717, 1.165) is 31.4 Å². The predicted molar refractivity (Wildman–Crippen MR) is 103 cm³/mol. The molecule has 6 heteroatoms. The van der Waals surface area contributed by atoms with Crippen LogP contribution in [0.1, 0.15) is 44.7 Å². The molecule has 0 saturated carbocycles. The Bertz CT molecular complexity index is 588. The summed E-state index contributed by atoms with van der Waals surface area (Å²) in [7, 11) is 0. The third-order valence-corrected chi connectivity index (χ3v) is 4.81. The molecule has 1 aromatic rings. The standard InChI is InChI=1S/C20H31N3O3/c1-4-15-8-7-9-16(5-2)19(15)21-14-18(24)22-17-10-12-23(13-11-17)20(25)26-6-3/h7-9,17,21H,4-6,10-14H2,1-3H3,(H,22,24). The summed E-state index contributed by atoms with van der Waals surface area (Å²) in [5.74, 6) is -0.00690. The molecule has 144 valence electrons. The number of nitrogens with zero attached hydrogens (tertiary/aromatic N) is 1. The molecule has 1 saturated heterocycles. The topological polar surface area (TPSA) is 70.7 Å². The van der Waals surface area contributed by atoms with Gasteiger partial charge in [0.2, 0.25) is 5.91 Å². The van der Waals surface area contributed by atoms with Crippen LogP contribution in [0.15, 0.2) is 18.2 Å². The van der Waals surface area contributed by atoms with Crippen molar-refractivity contribution < 1.29 is 14.3 Å². The van der Waals surface area contributed by atoms with Crippen molar-refractivity contribution in [3.63, 3.8) is 0 Å². The fourth-order valence-corrected chi connectivity index (χ4v) is 3.34. The van der Waals surface area contributed by atoms with Crippen LogP contribution in [-0.4, -0.2) is 49.2 Å². The number of aryl methyl sites for hydroxylation is 2. The second-order valence-corrected chi connectivity index (χ2v) is 6.54. The highest BCUT2D eigenvalue weighted by molar-refractivity contribution is 5.81. The van der Waals surface area contributed by atoms with Gasteiger partial charge in [0, 0.05) is 24.8 Å². The van der Waals surface area contributed by atoms with Crippen LogP contribution in [0.25, 0.3) is 0 Å². The van der Waals surface area contributed by atoms with Gasteiger partial charge in [-0.25, -0.2) is 4.79 Å². The van der Waals surface area contributed by atoms with Gasteiger partial charge in [0.25, 0.3) is 0 Å². The molecule has 1 heterocycles. The van der Waals surface area contributed by atoms with Gasteiger partial charge in [0.15, 0.2) is 0 Å². The number of benzene rings is 1. The molecule has 0 radical (unpaired) electrons. The number of nitrogens with one attached hydrogen (secondary N) is 2. The zero-order valence-corrected chi connectivity index (χ0v) is 16.1. The molecule has 2 N–H and O–H groups in total. The third kappa shape index (κ3) is 5.38. The minimum atomic E-state index is -0.262. The molecular weight excluding hydrogens is 330 g/mol. The van der Waals surface area contributed by atoms with Crippen molar-refractivity contribution in [1.29, 1.82) is 0 Å². The Morgan fingerprint density at radius 1 is 1.12 bits per heavy atom. The van der Waals surface area contributed by atoms with Gasteiger partial charge in [-0.1, -0.05) is 32.0 Å². The number of rotatable bonds is 7. The summed E-state index contributed by atoms with van der Waals surface area (Å²) in [6.07, 6.45) is 3.13. The highest BCUT2D eigenvalue weighted by Gasteiger charge is 2.24. The molecular formula is C20H31N3O3. The van der Waals surface area contributed by atoms with E-state index >= 15 is 0 Å². The van der Waals surface area contributed by atoms with Crippen molar-refractivity contribution in [2.24, 2.45) is 0 Å². The summed E-state index contributed by atoms with van der Waals surface area (Å²) in [5, 5.41) is 6.40. The second-order valence-electron chi connectivity index (χ2n) is 6.54. The van der Waals surface area contributed by atoms with E-state index < -0.39 is 0 Å². The number of carbonyl (C=O) groups excluding carboxylic acids is 2. The van der Waals surface area contributed by atoms with Gasteiger partial charge in [0.1, 0.15) is 0 Å². The lowest BCUT2D eigenvalue weighted by Crippen LogP contribution is -2.47. The van der Waals surface area contributed by atoms with Crippen molar-refractivity contribution in [2.75, 3.05) is 31.6 Å². The monoisotopic (exact) mass is 361 g/mol. The quantitative estimate of drug-likeness (QED) is 0.783. The maximum absolute atomic E-state index is 12.3. The van der Waals surface area contributed by atoms with Crippen LogP contribution in [0.3, 0.4) is 0 Å². The number of ether oxygens (including phenoxy) is 1. The van der Waals surface area contributed by atoms with E-state index in [9.17, 15) is 9.59 Å². The zero-order valence-electron chi connectivity index (χ0n) is 16.1. The minimum Gasteiger partial charge on any atom is -0.450 e. The summed E-state index contributed by atoms with van der Waals surface area (Å²) in [4.78, 5) is 25.7. The number of hydrogen-bond donors (Lipinski definition) is 2. The van der Waals surface area contributed by atoms with Crippen LogP contribution in [0.5, 0.6) is 0 Å². The van der Waals surface area contributed by atoms with Crippen LogP contribution in [0.4, 0.5) is 10.5 Å². The Hall–Kier alpha value is -2.24. The lowest BCUT2D eigenvalue weighted by molar-refractivity contribution is -0.120. The van der Waals surface area contributed by atoms with E-state index in [0.29, 0.717) is 19.7 Å². The smallest absolute Gasteiger partial charge is 0.409 e. The summed E-state index contributed by atoms with van der Waals surface area (Å²) < 4.78 is 5.02. The van der Waals surface area contributed by atoms with Gasteiger partial charge in [-0.3, -0.25) is 4.79 Å². The molecule has 1 aromatic carbocycles. The number of piperidine rings is 1. The first kappa shape index (κ1) is 20.1. The Kier molecular flexibility index (Phi) is 7.75. The fourth-order valence-electron chi connectivity index (χ4n) is 3.34. The molecule has 1 aliphatic rings. The maximum atomic E-state index is 12.3. The first-order valence-corrected chi connectivity index (χ1v) is 9.64. The number of para-hydroxylation sites is 1. The third-order valence-electron chi connectivity index (χ3n) is 4.81. The zero-order chi connectivity index (χ0) is 18.9. The second kappa shape index (κ2) is 10.0. The van der Waals surface area contributed by atoms with Crippen LogP contribution in [0, 0.1) is 0 Å². The van der Waals surface area contributed by atoms with E-state index in [1.165, 1.54) is 11.1 Å². The molecule has 0 atom stereocenters. The lowest BCUT2D eigenvalue weighted by Gasteiger charge is -2.31. The van der Waals surface area contributed by atoms with Crippen molar-refractivity contribution >= 4 is 17.7 Å². The number of carbonyl (C=O) groups is 2. The molecule has 0 spiro atoms. The Morgan fingerprint density at radius 3 is 2.27 bits per heavy atom. The molecule has 0 unspecified atom stereocenters. The first-order valence-electron chi connectivity index (χ1n) is 9.64. The van der Waals surface area contributed by atoms with Gasteiger partial charge in [-0.05, 0) is 43.7 Å². The van der Waals surface area contributed by atoms with Gasteiger partial charge in [-0.15, -0.1) is 0 Å². The fraction of sp³-hybridized carbons (Fsp3) is 0.600. The van der Waals surface area contributed by atoms with Crippen molar-refractivity contribution in [2.45, 2.75) is 52.5 Å². The van der Waals surface area contributed by atoms with E-state index in [-0.39, 0.29) is 24.6 Å². The number of anilines is 1. The van der Waals surface area contributed by atoms with Crippen LogP contribution in [0.2, 0.25) is 0 Å². The SMILES string of the molecule is CCOC(=O)N1CCC(NC(=O)CNc2c(CC)cccc2CC)CC1. The maximum Gasteiger partial charge on any atom is 0.409 e. The van der Waals surface area contributed by atoms with E-state index in [1.807, 2.05) is 0 Å². The Morgan fingerprint density at radius 2 is 1.73 bits per heavy atom. The first-order chi connectivity index (χ1) is 12.6. The summed E-state index contributed by atoms with van der Waals surface area (Å²) in [6, 6.07) is 6.39. The molecule has 2 rings (SSSR count). The summed E-state index contributed by atoms with van der Waals surface area (Å²) in [5.41, 5.74) is 3.56. The molecule has 0 bridgehead atoms. The average molecular weight is 361 g/mol. The molecule has 2 amide bonds. The molecule has 1 fully saturated rings. The number of amides is 2. The average Bonchev–Trinajstić information content (AvgIpc) is 2.66. The van der Waals surface area contributed by atoms with Crippen LogP contribution < -0.4 is 10.6 Å². The highest BCUT2D eigenvalue weighted by atomic mass is 16.6. The molecule has 0 aromatic heterocycles. The Balaban J connectivity index is 1.81. The van der Waals surface area contributed by atoms with Gasteiger partial charge >= 0.3 is 6.09 Å². The number of hydrogen-bond acceptors (Lipinski definition) is 4. The van der Waals surface area contributed by atoms with Gasteiger partial charge < -0.3 is 20.3 Å². The van der Waals surface area contributed by atoms with Gasteiger partial charge in [0.05, 0.1) is 13.2 Å². The molecule has 1 aliphatic heterocycles. The normalized spacial score (nSPS) is 14.8. The summed E-state index contributed by atoms with van der Waals surface area (Å²) in [6.45, 7) is 7.95. The minimum absolute atomic E-state index is 0.00690. The van der Waals surface area contributed by atoms with Crippen molar-refractivity contribution in [1.82, 2.24) is 10.2 Å². The van der Waals surface area contributed by atoms with E-state index in [4.69, 9.17) is 4.74 Å². The molecule has 0 aliphatic carbocycles. The summed E-state index contributed by atoms with van der Waals surface area (Å²) >= 11 is 0. The Labute approximate surface area is 156 Å². The van der Waals surface area contributed by atoms with E-state index in [2.05, 4.69) is 42.7 Å². The van der Waals surface area contributed by atoms with Crippen molar-refractivity contribution in [3.8, 4) is 0 Å². The molecule has 6 nitrogen and oxygen atoms in total. The van der Waals surface area contributed by atoms with Gasteiger partial charge in [-0.2, -0.15) is 0 Å².